The van der Waals surface area contributed by atoms with Crippen LogP contribution in [0.3, 0.4) is 0 Å². The van der Waals surface area contributed by atoms with E-state index < -0.39 is 0 Å². The topological polar surface area (TPSA) is 56.6 Å². The summed E-state index contributed by atoms with van der Waals surface area (Å²) >= 11 is 1.99. The van der Waals surface area contributed by atoms with Crippen LogP contribution in [0.5, 0.6) is 0 Å². The molecule has 0 bridgehead atoms. The number of rotatable bonds is 5. The van der Waals surface area contributed by atoms with E-state index in [2.05, 4.69) is 5.10 Å². The summed E-state index contributed by atoms with van der Waals surface area (Å²) in [6.07, 6.45) is 3.65. The van der Waals surface area contributed by atoms with Gasteiger partial charge in [-0.1, -0.05) is 0 Å². The van der Waals surface area contributed by atoms with E-state index in [1.807, 2.05) is 41.3 Å². The normalized spacial score (nSPS) is 25.6. The molecule has 3 saturated heterocycles. The van der Waals surface area contributed by atoms with Crippen molar-refractivity contribution < 1.29 is 14.3 Å². The summed E-state index contributed by atoms with van der Waals surface area (Å²) in [5, 5.41) is 4.40. The van der Waals surface area contributed by atoms with Gasteiger partial charge in [0.25, 0.3) is 5.91 Å². The number of aromatic nitrogens is 2. The maximum absolute atomic E-state index is 12.8. The Kier molecular flexibility index (Phi) is 5.30. The highest BCUT2D eigenvalue weighted by atomic mass is 32.2. The first-order chi connectivity index (χ1) is 12.6. The molecule has 3 aliphatic rings. The Balaban J connectivity index is 1.26. The van der Waals surface area contributed by atoms with Gasteiger partial charge in [0, 0.05) is 45.2 Å². The minimum Gasteiger partial charge on any atom is -0.381 e. The summed E-state index contributed by atoms with van der Waals surface area (Å²) in [5.41, 5.74) is 1.62. The summed E-state index contributed by atoms with van der Waals surface area (Å²) in [5.74, 6) is 1.82. The molecule has 1 spiro atoms. The molecule has 0 radical (unpaired) electrons. The van der Waals surface area contributed by atoms with Crippen LogP contribution in [0.25, 0.3) is 0 Å². The van der Waals surface area contributed by atoms with E-state index in [0.29, 0.717) is 12.0 Å². The Bertz CT molecular complexity index is 650. The molecule has 1 aromatic heterocycles. The van der Waals surface area contributed by atoms with E-state index in [1.54, 1.807) is 0 Å². The van der Waals surface area contributed by atoms with Gasteiger partial charge in [-0.25, -0.2) is 0 Å². The SMILES string of the molecule is CCn1nc(C)cc1C(=O)N1CC2(CC(OCC3CCOCC3)CS2)C1. The van der Waals surface area contributed by atoms with Gasteiger partial charge in [-0.05, 0) is 45.1 Å². The van der Waals surface area contributed by atoms with Crippen molar-refractivity contribution in [3.63, 3.8) is 0 Å². The van der Waals surface area contributed by atoms with Gasteiger partial charge in [-0.2, -0.15) is 5.10 Å². The average molecular weight is 380 g/mol. The van der Waals surface area contributed by atoms with Gasteiger partial charge in [0.1, 0.15) is 5.69 Å². The van der Waals surface area contributed by atoms with Gasteiger partial charge in [0.05, 0.1) is 16.5 Å². The van der Waals surface area contributed by atoms with Gasteiger partial charge in [-0.3, -0.25) is 9.48 Å². The number of carbonyl (C=O) groups excluding carboxylic acids is 1. The van der Waals surface area contributed by atoms with Crippen LogP contribution >= 0.6 is 11.8 Å². The third kappa shape index (κ3) is 3.66. The fourth-order valence-corrected chi connectivity index (χ4v) is 5.78. The Morgan fingerprint density at radius 3 is 2.92 bits per heavy atom. The Hall–Kier alpha value is -1.05. The summed E-state index contributed by atoms with van der Waals surface area (Å²) in [4.78, 5) is 14.8. The average Bonchev–Trinajstić information content (AvgIpc) is 3.22. The maximum Gasteiger partial charge on any atom is 0.272 e. The lowest BCUT2D eigenvalue weighted by atomic mass is 9.92. The van der Waals surface area contributed by atoms with E-state index >= 15 is 0 Å². The smallest absolute Gasteiger partial charge is 0.272 e. The van der Waals surface area contributed by atoms with Crippen molar-refractivity contribution in [2.45, 2.75) is 50.5 Å². The van der Waals surface area contributed by atoms with Crippen molar-refractivity contribution >= 4 is 17.7 Å². The van der Waals surface area contributed by atoms with E-state index in [0.717, 1.165) is 75.9 Å². The second-order valence-corrected chi connectivity index (χ2v) is 9.35. The fraction of sp³-hybridized carbons (Fsp3) is 0.789. The van der Waals surface area contributed by atoms with Gasteiger partial charge < -0.3 is 14.4 Å². The van der Waals surface area contributed by atoms with Crippen LogP contribution < -0.4 is 0 Å². The van der Waals surface area contributed by atoms with Gasteiger partial charge in [0.15, 0.2) is 0 Å². The van der Waals surface area contributed by atoms with Gasteiger partial charge >= 0.3 is 0 Å². The first kappa shape index (κ1) is 18.3. The van der Waals surface area contributed by atoms with Crippen LogP contribution in [-0.4, -0.2) is 70.1 Å². The number of amides is 1. The van der Waals surface area contributed by atoms with Crippen LogP contribution in [0.15, 0.2) is 6.07 Å². The lowest BCUT2D eigenvalue weighted by molar-refractivity contribution is -0.0119. The van der Waals surface area contributed by atoms with Gasteiger partial charge in [0.2, 0.25) is 0 Å². The molecule has 26 heavy (non-hydrogen) atoms. The first-order valence-corrected chi connectivity index (χ1v) is 10.7. The standard InChI is InChI=1S/C19H29N3O3S/c1-3-22-17(8-14(2)20-22)18(23)21-12-19(13-21)9-16(11-26-19)25-10-15-4-6-24-7-5-15/h8,15-16H,3-7,9-13H2,1-2H3. The molecular weight excluding hydrogens is 350 g/mol. The van der Waals surface area contributed by atoms with Crippen molar-refractivity contribution in [1.82, 2.24) is 14.7 Å². The van der Waals surface area contributed by atoms with Crippen LogP contribution in [0.1, 0.15) is 42.4 Å². The lowest BCUT2D eigenvalue weighted by Gasteiger charge is -2.47. The van der Waals surface area contributed by atoms with E-state index in [9.17, 15) is 4.79 Å². The zero-order chi connectivity index (χ0) is 18.1. The van der Waals surface area contributed by atoms with Crippen LogP contribution in [0.4, 0.5) is 0 Å². The summed E-state index contributed by atoms with van der Waals surface area (Å²) in [6, 6.07) is 1.90. The molecule has 1 amide bonds. The van der Waals surface area contributed by atoms with Crippen molar-refractivity contribution in [3.8, 4) is 0 Å². The van der Waals surface area contributed by atoms with Crippen LogP contribution in [0.2, 0.25) is 0 Å². The highest BCUT2D eigenvalue weighted by molar-refractivity contribution is 8.01. The molecule has 0 saturated carbocycles. The molecule has 1 unspecified atom stereocenters. The number of hydrogen-bond acceptors (Lipinski definition) is 5. The molecule has 0 aliphatic carbocycles. The lowest BCUT2D eigenvalue weighted by Crippen LogP contribution is -2.61. The molecule has 1 atom stereocenters. The Morgan fingerprint density at radius 2 is 2.19 bits per heavy atom. The van der Waals surface area contributed by atoms with Crippen molar-refractivity contribution in [3.05, 3.63) is 17.5 Å². The molecule has 0 aromatic carbocycles. The number of thioether (sulfide) groups is 1. The molecule has 3 fully saturated rings. The quantitative estimate of drug-likeness (QED) is 0.786. The minimum absolute atomic E-state index is 0.116. The molecule has 3 aliphatic heterocycles. The highest BCUT2D eigenvalue weighted by Crippen LogP contribution is 2.46. The number of aryl methyl sites for hydroxylation is 2. The number of nitrogens with zero attached hydrogens (tertiary/aromatic N) is 3. The second-order valence-electron chi connectivity index (χ2n) is 7.86. The molecular formula is C19H29N3O3S. The summed E-state index contributed by atoms with van der Waals surface area (Å²) < 4.78 is 13.6. The minimum atomic E-state index is 0.116. The monoisotopic (exact) mass is 379 g/mol. The largest absolute Gasteiger partial charge is 0.381 e. The summed E-state index contributed by atoms with van der Waals surface area (Å²) in [6.45, 7) is 8.97. The second kappa shape index (κ2) is 7.52. The third-order valence-corrected chi connectivity index (χ3v) is 7.33. The first-order valence-electron chi connectivity index (χ1n) is 9.75. The molecule has 4 rings (SSSR count). The van der Waals surface area contributed by atoms with Gasteiger partial charge in [-0.15, -0.1) is 11.8 Å². The van der Waals surface area contributed by atoms with E-state index in [1.165, 1.54) is 0 Å². The van der Waals surface area contributed by atoms with Crippen molar-refractivity contribution in [1.29, 1.82) is 0 Å². The zero-order valence-electron chi connectivity index (χ0n) is 15.8. The predicted octanol–water partition coefficient (Wildman–Crippen LogP) is 2.35. The highest BCUT2D eigenvalue weighted by Gasteiger charge is 2.51. The molecule has 4 heterocycles. The number of carbonyl (C=O) groups is 1. The van der Waals surface area contributed by atoms with Crippen molar-refractivity contribution in [2.24, 2.45) is 5.92 Å². The molecule has 7 heteroatoms. The molecule has 6 nitrogen and oxygen atoms in total. The van der Waals surface area contributed by atoms with E-state index in [4.69, 9.17) is 9.47 Å². The predicted molar refractivity (Wildman–Crippen MR) is 102 cm³/mol. The Labute approximate surface area is 159 Å². The molecule has 0 N–H and O–H groups in total. The summed E-state index contributed by atoms with van der Waals surface area (Å²) in [7, 11) is 0. The third-order valence-electron chi connectivity index (χ3n) is 5.75. The number of likely N-dealkylation sites (tertiary alicyclic amines) is 1. The fourth-order valence-electron chi connectivity index (χ4n) is 4.23. The number of ether oxygens (including phenoxy) is 2. The Morgan fingerprint density at radius 1 is 1.42 bits per heavy atom. The molecule has 144 valence electrons. The van der Waals surface area contributed by atoms with Crippen LogP contribution in [-0.2, 0) is 16.0 Å². The zero-order valence-corrected chi connectivity index (χ0v) is 16.6. The van der Waals surface area contributed by atoms with Crippen molar-refractivity contribution in [2.75, 3.05) is 38.7 Å². The van der Waals surface area contributed by atoms with E-state index in [-0.39, 0.29) is 10.7 Å². The molecule has 1 aromatic rings. The maximum atomic E-state index is 12.8. The number of hydrogen-bond donors (Lipinski definition) is 0. The van der Waals surface area contributed by atoms with Crippen LogP contribution in [0, 0.1) is 12.8 Å².